The molecule has 0 heterocycles. The van der Waals surface area contributed by atoms with Gasteiger partial charge in [-0.2, -0.15) is 0 Å². The van der Waals surface area contributed by atoms with Crippen LogP contribution in [0.25, 0.3) is 0 Å². The highest BCUT2D eigenvalue weighted by Crippen LogP contribution is 2.48. The topological polar surface area (TPSA) is 0 Å². The fourth-order valence-corrected chi connectivity index (χ4v) is 2.14. The van der Waals surface area contributed by atoms with Crippen molar-refractivity contribution < 1.29 is 0 Å². The van der Waals surface area contributed by atoms with Gasteiger partial charge in [-0.1, -0.05) is 44.6 Å². The molecule has 1 aliphatic rings. The minimum absolute atomic E-state index is 0.743. The molecule has 0 radical (unpaired) electrons. The van der Waals surface area contributed by atoms with Gasteiger partial charge < -0.3 is 0 Å². The fourth-order valence-electron chi connectivity index (χ4n) is 2.14. The van der Waals surface area contributed by atoms with Crippen LogP contribution in [0.5, 0.6) is 0 Å². The third-order valence-electron chi connectivity index (χ3n) is 3.41. The smallest absolute Gasteiger partial charge is 0.0166 e. The van der Waals surface area contributed by atoms with E-state index in [9.17, 15) is 0 Å². The van der Waals surface area contributed by atoms with Crippen LogP contribution in [0, 0.1) is 17.8 Å². The molecule has 3 unspecified atom stereocenters. The van der Waals surface area contributed by atoms with Crippen molar-refractivity contribution in [1.29, 1.82) is 0 Å². The van der Waals surface area contributed by atoms with Crippen LogP contribution < -0.4 is 0 Å². The average Bonchev–Trinajstić information content (AvgIpc) is 2.82. The first-order valence-electron chi connectivity index (χ1n) is 5.44. The standard InChI is InChI=1S/C13H22/c1-6-9(3)13(10(4)7-2)12-8-11(12)5/h6,10-12H,1,7-8H2,2-5H3. The predicted octanol–water partition coefficient (Wildman–Crippen LogP) is 4.19. The lowest BCUT2D eigenvalue weighted by Crippen LogP contribution is -2.03. The predicted molar refractivity (Wildman–Crippen MR) is 59.6 cm³/mol. The van der Waals surface area contributed by atoms with Gasteiger partial charge in [-0.3, -0.25) is 0 Å². The average molecular weight is 178 g/mol. The van der Waals surface area contributed by atoms with E-state index in [1.54, 1.807) is 5.57 Å². The summed E-state index contributed by atoms with van der Waals surface area (Å²) in [7, 11) is 0. The first-order chi connectivity index (χ1) is 6.11. The van der Waals surface area contributed by atoms with Crippen LogP contribution in [-0.4, -0.2) is 0 Å². The molecule has 0 saturated heterocycles. The van der Waals surface area contributed by atoms with E-state index in [0.717, 1.165) is 17.8 Å². The Kier molecular flexibility index (Phi) is 3.35. The highest BCUT2D eigenvalue weighted by Gasteiger charge is 2.37. The highest BCUT2D eigenvalue weighted by molar-refractivity contribution is 5.29. The zero-order valence-electron chi connectivity index (χ0n) is 9.43. The summed E-state index contributed by atoms with van der Waals surface area (Å²) >= 11 is 0. The lowest BCUT2D eigenvalue weighted by molar-refractivity contribution is 0.597. The molecule has 74 valence electrons. The second-order valence-corrected chi connectivity index (χ2v) is 4.47. The van der Waals surface area contributed by atoms with E-state index in [1.807, 2.05) is 6.08 Å². The molecule has 1 rings (SSSR count). The van der Waals surface area contributed by atoms with Gasteiger partial charge in [-0.05, 0) is 37.5 Å². The van der Waals surface area contributed by atoms with E-state index in [4.69, 9.17) is 0 Å². The van der Waals surface area contributed by atoms with Crippen molar-refractivity contribution in [2.45, 2.75) is 40.5 Å². The maximum Gasteiger partial charge on any atom is -0.0166 e. The Morgan fingerprint density at radius 1 is 1.62 bits per heavy atom. The van der Waals surface area contributed by atoms with Gasteiger partial charge in [0.15, 0.2) is 0 Å². The van der Waals surface area contributed by atoms with E-state index in [0.29, 0.717) is 0 Å². The van der Waals surface area contributed by atoms with Crippen molar-refractivity contribution >= 4 is 0 Å². The molecule has 0 amide bonds. The Bertz CT molecular complexity index is 216. The minimum Gasteiger partial charge on any atom is -0.0988 e. The molecular formula is C13H22. The van der Waals surface area contributed by atoms with E-state index in [1.165, 1.54) is 18.4 Å². The summed E-state index contributed by atoms with van der Waals surface area (Å²) < 4.78 is 0. The van der Waals surface area contributed by atoms with Crippen molar-refractivity contribution in [2.24, 2.45) is 17.8 Å². The second kappa shape index (κ2) is 4.13. The van der Waals surface area contributed by atoms with Crippen LogP contribution in [-0.2, 0) is 0 Å². The van der Waals surface area contributed by atoms with Crippen molar-refractivity contribution in [2.75, 3.05) is 0 Å². The molecule has 1 fully saturated rings. The maximum atomic E-state index is 3.88. The van der Waals surface area contributed by atoms with Crippen molar-refractivity contribution in [1.82, 2.24) is 0 Å². The first kappa shape index (κ1) is 10.6. The SMILES string of the molecule is C=CC(C)=C(C(C)CC)C1CC1C. The molecule has 0 aromatic rings. The molecule has 13 heavy (non-hydrogen) atoms. The number of hydrogen-bond acceptors (Lipinski definition) is 0. The molecule has 0 aliphatic heterocycles. The Morgan fingerprint density at radius 3 is 2.46 bits per heavy atom. The Balaban J connectivity index is 2.82. The van der Waals surface area contributed by atoms with Crippen molar-refractivity contribution in [3.05, 3.63) is 23.8 Å². The van der Waals surface area contributed by atoms with Crippen LogP contribution in [0.2, 0.25) is 0 Å². The lowest BCUT2D eigenvalue weighted by Gasteiger charge is -2.16. The summed E-state index contributed by atoms with van der Waals surface area (Å²) in [5.74, 6) is 2.53. The number of allylic oxidation sites excluding steroid dienone is 3. The van der Waals surface area contributed by atoms with Crippen LogP contribution >= 0.6 is 0 Å². The van der Waals surface area contributed by atoms with Gasteiger partial charge in [0.25, 0.3) is 0 Å². The Labute approximate surface area is 82.7 Å². The van der Waals surface area contributed by atoms with Gasteiger partial charge in [-0.15, -0.1) is 0 Å². The van der Waals surface area contributed by atoms with Crippen LogP contribution in [0.3, 0.4) is 0 Å². The van der Waals surface area contributed by atoms with Crippen LogP contribution in [0.4, 0.5) is 0 Å². The summed E-state index contributed by atoms with van der Waals surface area (Å²) in [6.45, 7) is 13.0. The molecule has 3 atom stereocenters. The molecule has 0 bridgehead atoms. The monoisotopic (exact) mass is 178 g/mol. The van der Waals surface area contributed by atoms with Crippen molar-refractivity contribution in [3.63, 3.8) is 0 Å². The number of hydrogen-bond donors (Lipinski definition) is 0. The summed E-state index contributed by atoms with van der Waals surface area (Å²) in [6, 6.07) is 0. The van der Waals surface area contributed by atoms with E-state index in [2.05, 4.69) is 34.3 Å². The molecule has 0 N–H and O–H groups in total. The lowest BCUT2D eigenvalue weighted by atomic mass is 9.89. The Hall–Kier alpha value is -0.520. The molecule has 0 aromatic carbocycles. The van der Waals surface area contributed by atoms with Crippen LogP contribution in [0.1, 0.15) is 40.5 Å². The maximum absolute atomic E-state index is 3.88. The molecule has 1 aliphatic carbocycles. The van der Waals surface area contributed by atoms with Crippen LogP contribution in [0.15, 0.2) is 23.8 Å². The molecule has 0 spiro atoms. The summed E-state index contributed by atoms with van der Waals surface area (Å²) in [6.07, 6.45) is 4.67. The van der Waals surface area contributed by atoms with Gasteiger partial charge in [0.2, 0.25) is 0 Å². The molecule has 1 saturated carbocycles. The zero-order valence-corrected chi connectivity index (χ0v) is 9.43. The third-order valence-corrected chi connectivity index (χ3v) is 3.41. The first-order valence-corrected chi connectivity index (χ1v) is 5.44. The normalized spacial score (nSPS) is 30.8. The number of rotatable bonds is 4. The zero-order chi connectivity index (χ0) is 10.0. The molecule has 0 nitrogen and oxygen atoms in total. The van der Waals surface area contributed by atoms with Crippen molar-refractivity contribution in [3.8, 4) is 0 Å². The third kappa shape index (κ3) is 2.24. The van der Waals surface area contributed by atoms with Gasteiger partial charge in [0.1, 0.15) is 0 Å². The van der Waals surface area contributed by atoms with Gasteiger partial charge in [0.05, 0.1) is 0 Å². The summed E-state index contributed by atoms with van der Waals surface area (Å²) in [5, 5.41) is 0. The molecule has 0 heteroatoms. The molecule has 0 aromatic heterocycles. The van der Waals surface area contributed by atoms with Gasteiger partial charge in [0, 0.05) is 0 Å². The second-order valence-electron chi connectivity index (χ2n) is 4.47. The highest BCUT2D eigenvalue weighted by atomic mass is 14.4. The quantitative estimate of drug-likeness (QED) is 0.566. The molecular weight excluding hydrogens is 156 g/mol. The largest absolute Gasteiger partial charge is 0.0988 e. The van der Waals surface area contributed by atoms with E-state index < -0.39 is 0 Å². The minimum atomic E-state index is 0.743. The Morgan fingerprint density at radius 2 is 2.15 bits per heavy atom. The summed E-state index contributed by atoms with van der Waals surface area (Å²) in [5.41, 5.74) is 3.09. The summed E-state index contributed by atoms with van der Waals surface area (Å²) in [4.78, 5) is 0. The van der Waals surface area contributed by atoms with E-state index in [-0.39, 0.29) is 0 Å². The van der Waals surface area contributed by atoms with Gasteiger partial charge in [-0.25, -0.2) is 0 Å². The fraction of sp³-hybridized carbons (Fsp3) is 0.692. The van der Waals surface area contributed by atoms with E-state index >= 15 is 0 Å². The van der Waals surface area contributed by atoms with Gasteiger partial charge >= 0.3 is 0 Å².